The van der Waals surface area contributed by atoms with E-state index >= 15 is 0 Å². The van der Waals surface area contributed by atoms with Gasteiger partial charge in [-0.15, -0.1) is 10.2 Å². The van der Waals surface area contributed by atoms with Crippen molar-refractivity contribution >= 4 is 15.9 Å². The molecule has 10 nitrogen and oxygen atoms in total. The smallest absolute Gasteiger partial charge is 0.255 e. The van der Waals surface area contributed by atoms with E-state index in [1.807, 2.05) is 4.57 Å². The van der Waals surface area contributed by atoms with Gasteiger partial charge < -0.3 is 14.2 Å². The van der Waals surface area contributed by atoms with Gasteiger partial charge in [0, 0.05) is 44.9 Å². The molecule has 2 aromatic heterocycles. The fourth-order valence-electron chi connectivity index (χ4n) is 4.16. The summed E-state index contributed by atoms with van der Waals surface area (Å²) in [6.07, 6.45) is 5.86. The lowest BCUT2D eigenvalue weighted by atomic mass is 10.0. The van der Waals surface area contributed by atoms with E-state index in [4.69, 9.17) is 4.74 Å². The van der Waals surface area contributed by atoms with Gasteiger partial charge in [-0.05, 0) is 18.9 Å². The molecule has 1 saturated heterocycles. The van der Waals surface area contributed by atoms with Crippen LogP contribution >= 0.6 is 0 Å². The number of nitrogens with zero attached hydrogens (tertiary/aromatic N) is 6. The molecule has 162 valence electrons. The molecule has 0 aliphatic carbocycles. The third kappa shape index (κ3) is 4.04. The minimum absolute atomic E-state index is 0.0964. The van der Waals surface area contributed by atoms with E-state index in [1.165, 1.54) is 23.9 Å². The minimum atomic E-state index is -3.33. The molecule has 30 heavy (non-hydrogen) atoms. The van der Waals surface area contributed by atoms with Crippen LogP contribution in [-0.4, -0.2) is 76.3 Å². The van der Waals surface area contributed by atoms with E-state index < -0.39 is 10.0 Å². The lowest BCUT2D eigenvalue weighted by molar-refractivity contribution is 0.0758. The van der Waals surface area contributed by atoms with Crippen LogP contribution in [-0.2, 0) is 23.0 Å². The molecule has 0 bridgehead atoms. The maximum atomic E-state index is 12.9. The second kappa shape index (κ2) is 8.31. The highest BCUT2D eigenvalue weighted by atomic mass is 32.2. The molecule has 2 aliphatic rings. The maximum absolute atomic E-state index is 12.9. The monoisotopic (exact) mass is 434 g/mol. The number of sulfonamides is 1. The third-order valence-electron chi connectivity index (χ3n) is 5.71. The predicted molar refractivity (Wildman–Crippen MR) is 109 cm³/mol. The number of hydrogen-bond acceptors (Lipinski definition) is 7. The zero-order valence-electron chi connectivity index (χ0n) is 17.2. The Morgan fingerprint density at radius 1 is 1.13 bits per heavy atom. The van der Waals surface area contributed by atoms with E-state index in [9.17, 15) is 13.2 Å². The standard InChI is InChI=1S/C19H26N6O4S/c1-29-17-7-6-14(13-20-17)19(26)23-10-8-16-21-22-18(24(16)12-11-23)15-5-3-4-9-25(15)30(2,27)28/h6-7,13,15H,3-5,8-12H2,1-2H3. The average molecular weight is 435 g/mol. The molecule has 1 unspecified atom stereocenters. The van der Waals surface area contributed by atoms with Gasteiger partial charge in [-0.1, -0.05) is 6.42 Å². The minimum Gasteiger partial charge on any atom is -0.481 e. The highest BCUT2D eigenvalue weighted by Gasteiger charge is 2.35. The van der Waals surface area contributed by atoms with Crippen molar-refractivity contribution in [1.29, 1.82) is 0 Å². The maximum Gasteiger partial charge on any atom is 0.255 e. The lowest BCUT2D eigenvalue weighted by Crippen LogP contribution is -2.39. The highest BCUT2D eigenvalue weighted by molar-refractivity contribution is 7.88. The van der Waals surface area contributed by atoms with Gasteiger partial charge in [0.25, 0.3) is 5.91 Å². The van der Waals surface area contributed by atoms with Crippen molar-refractivity contribution < 1.29 is 17.9 Å². The number of carbonyl (C=O) groups is 1. The van der Waals surface area contributed by atoms with Crippen LogP contribution in [0, 0.1) is 0 Å². The van der Waals surface area contributed by atoms with Gasteiger partial charge in [-0.3, -0.25) is 4.79 Å². The molecule has 4 rings (SSSR count). The normalized spacial score (nSPS) is 20.5. The summed E-state index contributed by atoms with van der Waals surface area (Å²) in [5.74, 6) is 1.82. The van der Waals surface area contributed by atoms with Crippen molar-refractivity contribution in [3.8, 4) is 5.88 Å². The highest BCUT2D eigenvalue weighted by Crippen LogP contribution is 2.32. The number of hydrogen-bond donors (Lipinski definition) is 0. The van der Waals surface area contributed by atoms with E-state index in [0.29, 0.717) is 49.9 Å². The first-order chi connectivity index (χ1) is 14.4. The van der Waals surface area contributed by atoms with Crippen LogP contribution in [0.4, 0.5) is 0 Å². The molecular formula is C19H26N6O4S. The van der Waals surface area contributed by atoms with Crippen LogP contribution in [0.3, 0.4) is 0 Å². The summed E-state index contributed by atoms with van der Waals surface area (Å²) in [5.41, 5.74) is 0.504. The quantitative estimate of drug-likeness (QED) is 0.702. The molecule has 11 heteroatoms. The van der Waals surface area contributed by atoms with E-state index in [1.54, 1.807) is 17.0 Å². The Morgan fingerprint density at radius 3 is 2.67 bits per heavy atom. The molecule has 0 radical (unpaired) electrons. The summed E-state index contributed by atoms with van der Waals surface area (Å²) >= 11 is 0. The Hall–Kier alpha value is -2.53. The molecule has 0 spiro atoms. The number of amides is 1. The Balaban J connectivity index is 1.53. The number of fused-ring (bicyclic) bond motifs is 1. The van der Waals surface area contributed by atoms with Crippen LogP contribution in [0.1, 0.15) is 47.3 Å². The van der Waals surface area contributed by atoms with Gasteiger partial charge in [0.15, 0.2) is 5.82 Å². The van der Waals surface area contributed by atoms with Gasteiger partial charge in [-0.2, -0.15) is 4.31 Å². The second-order valence-corrected chi connectivity index (χ2v) is 9.58. The average Bonchev–Trinajstić information content (AvgIpc) is 3.04. The number of carbonyl (C=O) groups excluding carboxylic acids is 1. The van der Waals surface area contributed by atoms with Crippen LogP contribution < -0.4 is 4.74 Å². The van der Waals surface area contributed by atoms with Crippen molar-refractivity contribution in [1.82, 2.24) is 29.0 Å². The van der Waals surface area contributed by atoms with Crippen LogP contribution in [0.2, 0.25) is 0 Å². The Labute approximate surface area is 175 Å². The first kappa shape index (κ1) is 20.7. The summed E-state index contributed by atoms with van der Waals surface area (Å²) in [7, 11) is -1.80. The molecule has 0 N–H and O–H groups in total. The third-order valence-corrected chi connectivity index (χ3v) is 7.00. The number of ether oxygens (including phenoxy) is 1. The van der Waals surface area contributed by atoms with Gasteiger partial charge >= 0.3 is 0 Å². The first-order valence-electron chi connectivity index (χ1n) is 10.1. The topological polar surface area (TPSA) is 111 Å². The van der Waals surface area contributed by atoms with Gasteiger partial charge in [0.2, 0.25) is 15.9 Å². The molecule has 1 amide bonds. The summed E-state index contributed by atoms with van der Waals surface area (Å²) in [6.45, 7) is 2.04. The Morgan fingerprint density at radius 2 is 1.97 bits per heavy atom. The van der Waals surface area contributed by atoms with Gasteiger partial charge in [0.05, 0.1) is 25.0 Å². The number of aromatic nitrogens is 4. The van der Waals surface area contributed by atoms with Gasteiger partial charge in [0.1, 0.15) is 5.82 Å². The van der Waals surface area contributed by atoms with E-state index in [0.717, 1.165) is 25.1 Å². The molecule has 2 aliphatic heterocycles. The summed E-state index contributed by atoms with van der Waals surface area (Å²) in [5, 5.41) is 8.68. The largest absolute Gasteiger partial charge is 0.481 e. The fourth-order valence-corrected chi connectivity index (χ4v) is 5.29. The number of pyridine rings is 1. The molecule has 1 atom stereocenters. The van der Waals surface area contributed by atoms with Gasteiger partial charge in [-0.25, -0.2) is 13.4 Å². The molecule has 0 aromatic carbocycles. The zero-order chi connectivity index (χ0) is 21.3. The lowest BCUT2D eigenvalue weighted by Gasteiger charge is -2.33. The van der Waals surface area contributed by atoms with Crippen molar-refractivity contribution in [3.05, 3.63) is 35.5 Å². The van der Waals surface area contributed by atoms with Crippen molar-refractivity contribution in [2.75, 3.05) is 33.0 Å². The van der Waals surface area contributed by atoms with Crippen molar-refractivity contribution in [2.45, 2.75) is 38.3 Å². The van der Waals surface area contributed by atoms with E-state index in [-0.39, 0.29) is 11.9 Å². The fraction of sp³-hybridized carbons (Fsp3) is 0.579. The molecule has 0 saturated carbocycles. The van der Waals surface area contributed by atoms with Crippen LogP contribution in [0.5, 0.6) is 5.88 Å². The Kier molecular flexibility index (Phi) is 5.74. The van der Waals surface area contributed by atoms with Crippen LogP contribution in [0.25, 0.3) is 0 Å². The molecule has 2 aromatic rings. The second-order valence-electron chi connectivity index (χ2n) is 7.64. The predicted octanol–water partition coefficient (Wildman–Crippen LogP) is 0.867. The zero-order valence-corrected chi connectivity index (χ0v) is 18.0. The van der Waals surface area contributed by atoms with Crippen LogP contribution in [0.15, 0.2) is 18.3 Å². The van der Waals surface area contributed by atoms with Crippen molar-refractivity contribution in [3.63, 3.8) is 0 Å². The summed E-state index contributed by atoms with van der Waals surface area (Å²) < 4.78 is 33.1. The first-order valence-corrected chi connectivity index (χ1v) is 11.9. The van der Waals surface area contributed by atoms with E-state index in [2.05, 4.69) is 15.2 Å². The molecule has 1 fully saturated rings. The Bertz CT molecular complexity index is 1020. The summed E-state index contributed by atoms with van der Waals surface area (Å²) in [6, 6.07) is 3.07. The molecule has 4 heterocycles. The number of rotatable bonds is 4. The SMILES string of the molecule is COc1ccc(C(=O)N2CCc3nnc(C4CCCCN4S(C)(=O)=O)n3CC2)cn1. The molecular weight excluding hydrogens is 408 g/mol. The van der Waals surface area contributed by atoms with Crippen molar-refractivity contribution in [2.24, 2.45) is 0 Å². The number of piperidine rings is 1. The number of methoxy groups -OCH3 is 1. The summed E-state index contributed by atoms with van der Waals surface area (Å²) in [4.78, 5) is 18.8.